The average molecular weight is 395 g/mol. The van der Waals surface area contributed by atoms with Crippen LogP contribution in [0.5, 0.6) is 0 Å². The Hall–Kier alpha value is -1.69. The number of hydrogen-bond acceptors (Lipinski definition) is 4. The van der Waals surface area contributed by atoms with Crippen molar-refractivity contribution in [3.8, 4) is 0 Å². The normalized spacial score (nSPS) is 19.5. The Morgan fingerprint density at radius 1 is 1.31 bits per heavy atom. The molecule has 0 unspecified atom stereocenters. The summed E-state index contributed by atoms with van der Waals surface area (Å²) in [4.78, 5) is 23.4. The van der Waals surface area contributed by atoms with Gasteiger partial charge in [0.1, 0.15) is 5.82 Å². The van der Waals surface area contributed by atoms with E-state index in [1.54, 1.807) is 0 Å². The lowest BCUT2D eigenvalue weighted by molar-refractivity contribution is 0.0780. The summed E-state index contributed by atoms with van der Waals surface area (Å²) in [6.07, 6.45) is 1.52. The summed E-state index contributed by atoms with van der Waals surface area (Å²) in [7, 11) is 0. The number of benzene rings is 1. The van der Waals surface area contributed by atoms with Gasteiger partial charge in [0.2, 0.25) is 0 Å². The van der Waals surface area contributed by atoms with Crippen LogP contribution in [0.4, 0.5) is 0 Å². The van der Waals surface area contributed by atoms with E-state index in [0.29, 0.717) is 30.5 Å². The number of nitrogens with two attached hydrogens (primary N) is 1. The fourth-order valence-electron chi connectivity index (χ4n) is 3.31. The van der Waals surface area contributed by atoms with E-state index in [2.05, 4.69) is 22.1 Å². The summed E-state index contributed by atoms with van der Waals surface area (Å²) >= 11 is 6.20. The lowest BCUT2D eigenvalue weighted by atomic mass is 9.89. The summed E-state index contributed by atoms with van der Waals surface area (Å²) in [6, 6.07) is 10.2. The van der Waals surface area contributed by atoms with E-state index in [1.807, 2.05) is 36.9 Å². The second-order valence-corrected chi connectivity index (χ2v) is 7.21. The Morgan fingerprint density at radius 3 is 2.62 bits per heavy atom. The standard InChI is InChI=1S/C19H23ClN4O.ClH/c1-12(2)18-22-9-16(20)17(23-18)19(25)24-10-14(8-21)15(11-24)13-6-4-3-5-7-13;/h3-7,9,12,14-15H,8,10-11,21H2,1-2H3;1H/t14-,15+;/m1./s1. The molecule has 0 saturated carbocycles. The predicted octanol–water partition coefficient (Wildman–Crippen LogP) is 3.49. The number of nitrogens with zero attached hydrogens (tertiary/aromatic N) is 3. The van der Waals surface area contributed by atoms with Crippen LogP contribution in [0.3, 0.4) is 0 Å². The van der Waals surface area contributed by atoms with Gasteiger partial charge in [0.05, 0.1) is 11.2 Å². The van der Waals surface area contributed by atoms with Gasteiger partial charge in [0.25, 0.3) is 5.91 Å². The van der Waals surface area contributed by atoms with Gasteiger partial charge in [-0.25, -0.2) is 9.97 Å². The molecule has 2 atom stereocenters. The lowest BCUT2D eigenvalue weighted by Gasteiger charge is -2.17. The highest BCUT2D eigenvalue weighted by Crippen LogP contribution is 2.33. The SMILES string of the molecule is CC(C)c1ncc(Cl)c(C(=O)N2C[C@@H](CN)[C@H](c3ccccc3)C2)n1.Cl. The van der Waals surface area contributed by atoms with Crippen LogP contribution in [0.15, 0.2) is 36.5 Å². The van der Waals surface area contributed by atoms with E-state index >= 15 is 0 Å². The first-order chi connectivity index (χ1) is 12.0. The maximum atomic E-state index is 13.0. The molecule has 1 aliphatic rings. The number of likely N-dealkylation sites (tertiary alicyclic amines) is 1. The first kappa shape index (κ1) is 20.6. The van der Waals surface area contributed by atoms with Gasteiger partial charge in [-0.3, -0.25) is 4.79 Å². The summed E-state index contributed by atoms with van der Waals surface area (Å²) < 4.78 is 0. The van der Waals surface area contributed by atoms with Crippen molar-refractivity contribution in [2.24, 2.45) is 11.7 Å². The Bertz CT molecular complexity index is 754. The Labute approximate surface area is 165 Å². The first-order valence-electron chi connectivity index (χ1n) is 8.58. The molecule has 3 rings (SSSR count). The molecule has 2 aromatic rings. The monoisotopic (exact) mass is 394 g/mol. The molecular formula is C19H24Cl2N4O. The second-order valence-electron chi connectivity index (χ2n) is 6.80. The van der Waals surface area contributed by atoms with Gasteiger partial charge in [-0.05, 0) is 18.0 Å². The molecule has 1 aliphatic heterocycles. The zero-order valence-electron chi connectivity index (χ0n) is 14.9. The molecule has 2 N–H and O–H groups in total. The fraction of sp³-hybridized carbons (Fsp3) is 0.421. The maximum absolute atomic E-state index is 13.0. The number of aromatic nitrogens is 2. The van der Waals surface area contributed by atoms with Gasteiger partial charge in [-0.15, -0.1) is 12.4 Å². The summed E-state index contributed by atoms with van der Waals surface area (Å²) in [5.74, 6) is 1.08. The third-order valence-corrected chi connectivity index (χ3v) is 5.02. The van der Waals surface area contributed by atoms with Gasteiger partial charge < -0.3 is 10.6 Å². The van der Waals surface area contributed by atoms with E-state index in [-0.39, 0.29) is 41.8 Å². The van der Waals surface area contributed by atoms with Crippen molar-refractivity contribution in [2.75, 3.05) is 19.6 Å². The van der Waals surface area contributed by atoms with E-state index in [9.17, 15) is 4.79 Å². The molecule has 1 fully saturated rings. The third-order valence-electron chi connectivity index (χ3n) is 4.74. The average Bonchev–Trinajstić information content (AvgIpc) is 3.06. The van der Waals surface area contributed by atoms with E-state index < -0.39 is 0 Å². The molecule has 1 aromatic carbocycles. The van der Waals surface area contributed by atoms with Crippen LogP contribution in [0.25, 0.3) is 0 Å². The minimum atomic E-state index is -0.147. The Kier molecular flexibility index (Phi) is 6.98. The molecule has 1 amide bonds. The Morgan fingerprint density at radius 2 is 2.00 bits per heavy atom. The molecule has 0 radical (unpaired) electrons. The van der Waals surface area contributed by atoms with Gasteiger partial charge >= 0.3 is 0 Å². The van der Waals surface area contributed by atoms with Crippen molar-refractivity contribution in [3.05, 3.63) is 58.6 Å². The number of rotatable bonds is 4. The van der Waals surface area contributed by atoms with Crippen molar-refractivity contribution in [3.63, 3.8) is 0 Å². The smallest absolute Gasteiger partial charge is 0.274 e. The summed E-state index contributed by atoms with van der Waals surface area (Å²) in [6.45, 7) is 5.76. The van der Waals surface area contributed by atoms with Crippen LogP contribution in [0, 0.1) is 5.92 Å². The van der Waals surface area contributed by atoms with Crippen LogP contribution in [-0.2, 0) is 0 Å². The molecular weight excluding hydrogens is 371 g/mol. The summed E-state index contributed by atoms with van der Waals surface area (Å²) in [5.41, 5.74) is 7.46. The molecule has 1 saturated heterocycles. The second kappa shape index (κ2) is 8.80. The molecule has 26 heavy (non-hydrogen) atoms. The molecule has 7 heteroatoms. The zero-order valence-corrected chi connectivity index (χ0v) is 16.5. The van der Waals surface area contributed by atoms with Crippen molar-refractivity contribution in [1.82, 2.24) is 14.9 Å². The lowest BCUT2D eigenvalue weighted by Crippen LogP contribution is -2.31. The Balaban J connectivity index is 0.00000243. The molecule has 0 aliphatic carbocycles. The number of carbonyl (C=O) groups excluding carboxylic acids is 1. The highest BCUT2D eigenvalue weighted by molar-refractivity contribution is 6.33. The van der Waals surface area contributed by atoms with Crippen molar-refractivity contribution >= 4 is 29.9 Å². The van der Waals surface area contributed by atoms with Crippen LogP contribution < -0.4 is 5.73 Å². The molecule has 1 aromatic heterocycles. The van der Waals surface area contributed by atoms with E-state index in [1.165, 1.54) is 11.8 Å². The highest BCUT2D eigenvalue weighted by atomic mass is 35.5. The third kappa shape index (κ3) is 4.17. The molecule has 5 nitrogen and oxygen atoms in total. The zero-order chi connectivity index (χ0) is 18.0. The van der Waals surface area contributed by atoms with Gasteiger partial charge in [0, 0.05) is 24.9 Å². The van der Waals surface area contributed by atoms with Crippen molar-refractivity contribution in [1.29, 1.82) is 0 Å². The van der Waals surface area contributed by atoms with Crippen LogP contribution >= 0.6 is 24.0 Å². The molecule has 0 spiro atoms. The molecule has 0 bridgehead atoms. The molecule has 2 heterocycles. The molecule has 140 valence electrons. The number of amides is 1. The maximum Gasteiger partial charge on any atom is 0.274 e. The predicted molar refractivity (Wildman–Crippen MR) is 106 cm³/mol. The largest absolute Gasteiger partial charge is 0.336 e. The van der Waals surface area contributed by atoms with Gasteiger partial charge in [-0.1, -0.05) is 55.8 Å². The van der Waals surface area contributed by atoms with Crippen LogP contribution in [0.1, 0.15) is 47.6 Å². The topological polar surface area (TPSA) is 72.1 Å². The van der Waals surface area contributed by atoms with Gasteiger partial charge in [0.15, 0.2) is 5.69 Å². The highest BCUT2D eigenvalue weighted by Gasteiger charge is 2.36. The van der Waals surface area contributed by atoms with Crippen molar-refractivity contribution in [2.45, 2.75) is 25.7 Å². The first-order valence-corrected chi connectivity index (χ1v) is 8.95. The number of halogens is 2. The van der Waals surface area contributed by atoms with E-state index in [0.717, 1.165) is 0 Å². The van der Waals surface area contributed by atoms with Crippen LogP contribution in [0.2, 0.25) is 5.02 Å². The number of carbonyl (C=O) groups is 1. The summed E-state index contributed by atoms with van der Waals surface area (Å²) in [5, 5.41) is 0.293. The minimum Gasteiger partial charge on any atom is -0.336 e. The van der Waals surface area contributed by atoms with Crippen LogP contribution in [-0.4, -0.2) is 40.4 Å². The number of hydrogen-bond donors (Lipinski definition) is 1. The van der Waals surface area contributed by atoms with E-state index in [4.69, 9.17) is 17.3 Å². The minimum absolute atomic E-state index is 0. The van der Waals surface area contributed by atoms with Crippen molar-refractivity contribution < 1.29 is 4.79 Å². The fourth-order valence-corrected chi connectivity index (χ4v) is 3.48. The quantitative estimate of drug-likeness (QED) is 0.860. The van der Waals surface area contributed by atoms with Gasteiger partial charge in [-0.2, -0.15) is 0 Å².